The molecule has 12 rings (SSSR count). The molecule has 0 saturated carbocycles. The fourth-order valence-electron chi connectivity index (χ4n) is 9.45. The predicted molar refractivity (Wildman–Crippen MR) is 259 cm³/mol. The fraction of sp³-hybridized carbons (Fsp3) is 0. The van der Waals surface area contributed by atoms with Crippen molar-refractivity contribution in [1.29, 1.82) is 0 Å². The zero-order valence-corrected chi connectivity index (χ0v) is 32.9. The summed E-state index contributed by atoms with van der Waals surface area (Å²) in [5.41, 5.74) is 12.2. The van der Waals surface area contributed by atoms with Gasteiger partial charge in [0.2, 0.25) is 0 Å². The maximum Gasteiger partial charge on any atom is -0.00264 e. The van der Waals surface area contributed by atoms with Gasteiger partial charge in [0.1, 0.15) is 0 Å². The molecule has 0 heterocycles. The van der Waals surface area contributed by atoms with Gasteiger partial charge >= 0.3 is 0 Å². The fourth-order valence-corrected chi connectivity index (χ4v) is 9.45. The summed E-state index contributed by atoms with van der Waals surface area (Å²) in [5.74, 6) is 0. The third-order valence-electron chi connectivity index (χ3n) is 12.5. The topological polar surface area (TPSA) is 0 Å². The van der Waals surface area contributed by atoms with Crippen molar-refractivity contribution >= 4 is 64.6 Å². The lowest BCUT2D eigenvalue weighted by Gasteiger charge is -2.16. The van der Waals surface area contributed by atoms with E-state index in [1.54, 1.807) is 0 Å². The van der Waals surface area contributed by atoms with E-state index in [1.807, 2.05) is 0 Å². The molecule has 0 unspecified atom stereocenters. The molecule has 0 aromatic heterocycles. The first-order valence-corrected chi connectivity index (χ1v) is 20.8. The largest absolute Gasteiger partial charge is 0.0616 e. The van der Waals surface area contributed by atoms with Crippen LogP contribution in [-0.4, -0.2) is 0 Å². The number of hydrogen-bond acceptors (Lipinski definition) is 0. The van der Waals surface area contributed by atoms with Crippen molar-refractivity contribution in [2.75, 3.05) is 0 Å². The van der Waals surface area contributed by atoms with Crippen molar-refractivity contribution in [1.82, 2.24) is 0 Å². The lowest BCUT2D eigenvalue weighted by atomic mass is 9.87. The van der Waals surface area contributed by atoms with Crippen LogP contribution in [-0.2, 0) is 0 Å². The van der Waals surface area contributed by atoms with E-state index in [0.29, 0.717) is 0 Å². The standard InChI is InChI=1S/C60H38/c1-3-12-42-31-48(22-19-39(42)9-1)44-14-7-16-46(33-44)50-27-30-58-55(35-50)37-53-26-24-51(47-17-8-15-45(34-47)49-23-20-40-10-2-4-13-43(40)32-49)38-59(53)60(58)54-28-29-57-52(36-54)25-21-41-11-5-6-18-56(41)57/h1-38H. The highest BCUT2D eigenvalue weighted by Crippen LogP contribution is 2.42. The molecule has 60 heavy (non-hydrogen) atoms. The summed E-state index contributed by atoms with van der Waals surface area (Å²) in [6.45, 7) is 0. The van der Waals surface area contributed by atoms with Gasteiger partial charge in [0.25, 0.3) is 0 Å². The highest BCUT2D eigenvalue weighted by molar-refractivity contribution is 6.16. The zero-order valence-electron chi connectivity index (χ0n) is 32.9. The van der Waals surface area contributed by atoms with Crippen LogP contribution < -0.4 is 0 Å². The molecule has 0 spiro atoms. The Kier molecular flexibility index (Phi) is 7.96. The van der Waals surface area contributed by atoms with Crippen molar-refractivity contribution in [3.8, 4) is 55.6 Å². The Hall–Kier alpha value is -7.80. The molecule has 12 aromatic carbocycles. The summed E-state index contributed by atoms with van der Waals surface area (Å²) in [5, 5.41) is 15.1. The molecule has 0 saturated heterocycles. The lowest BCUT2D eigenvalue weighted by molar-refractivity contribution is 1.61. The Morgan fingerprint density at radius 3 is 1.17 bits per heavy atom. The second kappa shape index (κ2) is 13.9. The van der Waals surface area contributed by atoms with Crippen LogP contribution in [0.25, 0.3) is 120 Å². The minimum absolute atomic E-state index is 1.21. The Balaban J connectivity index is 1.02. The summed E-state index contributed by atoms with van der Waals surface area (Å²) in [7, 11) is 0. The van der Waals surface area contributed by atoms with Gasteiger partial charge in [0, 0.05) is 0 Å². The van der Waals surface area contributed by atoms with Crippen molar-refractivity contribution in [3.63, 3.8) is 0 Å². The molecule has 0 amide bonds. The molecule has 278 valence electrons. The molecule has 0 aliphatic heterocycles. The second-order valence-electron chi connectivity index (χ2n) is 16.1. The van der Waals surface area contributed by atoms with E-state index >= 15 is 0 Å². The maximum absolute atomic E-state index is 2.41. The zero-order chi connectivity index (χ0) is 39.6. The van der Waals surface area contributed by atoms with E-state index in [9.17, 15) is 0 Å². The maximum atomic E-state index is 2.41. The van der Waals surface area contributed by atoms with Gasteiger partial charge in [-0.15, -0.1) is 0 Å². The van der Waals surface area contributed by atoms with E-state index in [4.69, 9.17) is 0 Å². The third-order valence-corrected chi connectivity index (χ3v) is 12.5. The molecule has 0 atom stereocenters. The number of hydrogen-bond donors (Lipinski definition) is 0. The van der Waals surface area contributed by atoms with Crippen LogP contribution >= 0.6 is 0 Å². The first-order chi connectivity index (χ1) is 29.7. The minimum atomic E-state index is 1.21. The van der Waals surface area contributed by atoms with E-state index in [1.165, 1.54) is 120 Å². The van der Waals surface area contributed by atoms with Crippen LogP contribution in [0, 0.1) is 0 Å². The molecule has 0 fully saturated rings. The van der Waals surface area contributed by atoms with Crippen LogP contribution in [0.5, 0.6) is 0 Å². The lowest BCUT2D eigenvalue weighted by Crippen LogP contribution is -1.89. The average molecular weight is 759 g/mol. The Labute approximate surface area is 349 Å². The second-order valence-corrected chi connectivity index (χ2v) is 16.1. The highest BCUT2D eigenvalue weighted by atomic mass is 14.2. The normalized spacial score (nSPS) is 11.7. The molecule has 0 N–H and O–H groups in total. The molecule has 0 bridgehead atoms. The highest BCUT2D eigenvalue weighted by Gasteiger charge is 2.15. The number of rotatable bonds is 5. The van der Waals surface area contributed by atoms with Gasteiger partial charge < -0.3 is 0 Å². The molecular formula is C60H38. The van der Waals surface area contributed by atoms with E-state index < -0.39 is 0 Å². The van der Waals surface area contributed by atoms with Crippen LogP contribution in [0.1, 0.15) is 0 Å². The Morgan fingerprint density at radius 1 is 0.150 bits per heavy atom. The number of fused-ring (bicyclic) bond motifs is 7. The molecular weight excluding hydrogens is 721 g/mol. The molecule has 0 nitrogen and oxygen atoms in total. The monoisotopic (exact) mass is 758 g/mol. The Bertz CT molecular complexity index is 3660. The van der Waals surface area contributed by atoms with Gasteiger partial charge in [-0.2, -0.15) is 0 Å². The smallest absolute Gasteiger partial charge is 0.00264 e. The summed E-state index contributed by atoms with van der Waals surface area (Å²) >= 11 is 0. The molecule has 0 radical (unpaired) electrons. The summed E-state index contributed by atoms with van der Waals surface area (Å²) < 4.78 is 0. The van der Waals surface area contributed by atoms with Crippen molar-refractivity contribution < 1.29 is 0 Å². The van der Waals surface area contributed by atoms with E-state index in [0.717, 1.165) is 0 Å². The summed E-state index contributed by atoms with van der Waals surface area (Å²) in [6, 6.07) is 85.4. The Morgan fingerprint density at radius 2 is 0.533 bits per heavy atom. The first kappa shape index (κ1) is 34.3. The summed E-state index contributed by atoms with van der Waals surface area (Å²) in [4.78, 5) is 0. The van der Waals surface area contributed by atoms with Gasteiger partial charge in [-0.05, 0) is 169 Å². The number of benzene rings is 12. The van der Waals surface area contributed by atoms with Crippen LogP contribution in [0.2, 0.25) is 0 Å². The van der Waals surface area contributed by atoms with Gasteiger partial charge in [0.15, 0.2) is 0 Å². The van der Waals surface area contributed by atoms with Gasteiger partial charge in [-0.25, -0.2) is 0 Å². The van der Waals surface area contributed by atoms with Crippen LogP contribution in [0.15, 0.2) is 231 Å². The van der Waals surface area contributed by atoms with Crippen molar-refractivity contribution in [2.45, 2.75) is 0 Å². The molecule has 0 heteroatoms. The average Bonchev–Trinajstić information content (AvgIpc) is 3.32. The van der Waals surface area contributed by atoms with Crippen LogP contribution in [0.3, 0.4) is 0 Å². The molecule has 0 aliphatic carbocycles. The summed E-state index contributed by atoms with van der Waals surface area (Å²) in [6.07, 6.45) is 0. The quantitative estimate of drug-likeness (QED) is 0.121. The van der Waals surface area contributed by atoms with E-state index in [-0.39, 0.29) is 0 Å². The molecule has 0 aliphatic rings. The first-order valence-electron chi connectivity index (χ1n) is 20.8. The van der Waals surface area contributed by atoms with Crippen molar-refractivity contribution in [2.24, 2.45) is 0 Å². The van der Waals surface area contributed by atoms with Crippen LogP contribution in [0.4, 0.5) is 0 Å². The van der Waals surface area contributed by atoms with Gasteiger partial charge in [-0.1, -0.05) is 182 Å². The minimum Gasteiger partial charge on any atom is -0.0616 e. The molecule has 12 aromatic rings. The van der Waals surface area contributed by atoms with Gasteiger partial charge in [0.05, 0.1) is 0 Å². The third kappa shape index (κ3) is 5.93. The predicted octanol–water partition coefficient (Wildman–Crippen LogP) is 16.9. The SMILES string of the molecule is c1cc(-c2ccc3ccccc3c2)cc(-c2ccc3c(-c4ccc5c(ccc6ccccc65)c4)c4cc(-c5cccc(-c6ccc7ccccc7c6)c5)ccc4cc3c2)c1. The van der Waals surface area contributed by atoms with E-state index in [2.05, 4.69) is 231 Å². The van der Waals surface area contributed by atoms with Gasteiger partial charge in [-0.3, -0.25) is 0 Å². The van der Waals surface area contributed by atoms with Crippen molar-refractivity contribution in [3.05, 3.63) is 231 Å².